The van der Waals surface area contributed by atoms with Gasteiger partial charge in [0.1, 0.15) is 6.54 Å². The summed E-state index contributed by atoms with van der Waals surface area (Å²) in [6.45, 7) is 2.32. The van der Waals surface area contributed by atoms with Crippen LogP contribution in [0.1, 0.15) is 12.5 Å². The summed E-state index contributed by atoms with van der Waals surface area (Å²) < 4.78 is 6.49. The molecule has 114 valence electrons. The molecule has 1 N–H and O–H groups in total. The number of ether oxygens (including phenoxy) is 1. The van der Waals surface area contributed by atoms with Gasteiger partial charge in [0.2, 0.25) is 5.91 Å². The first-order chi connectivity index (χ1) is 10.7. The molecule has 0 atom stereocenters. The summed E-state index contributed by atoms with van der Waals surface area (Å²) >= 11 is 0. The Bertz CT molecular complexity index is 646. The summed E-state index contributed by atoms with van der Waals surface area (Å²) in [5.74, 6) is -0.506. The van der Waals surface area contributed by atoms with Crippen LogP contribution in [-0.2, 0) is 20.9 Å². The summed E-state index contributed by atoms with van der Waals surface area (Å²) in [4.78, 5) is 26.9. The first kappa shape index (κ1) is 15.5. The van der Waals surface area contributed by atoms with Crippen molar-refractivity contribution in [2.45, 2.75) is 13.5 Å². The molecule has 1 aromatic carbocycles. The summed E-state index contributed by atoms with van der Waals surface area (Å²) in [6, 6.07) is 7.17. The fourth-order valence-electron chi connectivity index (χ4n) is 1.78. The number of amides is 1. The van der Waals surface area contributed by atoms with Crippen LogP contribution in [0.4, 0.5) is 5.69 Å². The second-order valence-corrected chi connectivity index (χ2v) is 4.49. The molecule has 0 fully saturated rings. The van der Waals surface area contributed by atoms with Crippen LogP contribution in [0.15, 0.2) is 49.1 Å². The molecule has 0 spiro atoms. The maximum atomic E-state index is 11.8. The van der Waals surface area contributed by atoms with Crippen LogP contribution in [0.3, 0.4) is 0 Å². The molecule has 6 nitrogen and oxygen atoms in total. The molecule has 0 saturated heterocycles. The Hall–Kier alpha value is -2.89. The third kappa shape index (κ3) is 4.90. The molecule has 6 heteroatoms. The number of aromatic nitrogens is 2. The molecule has 0 aliphatic carbocycles. The molecule has 0 unspecified atom stereocenters. The second kappa shape index (κ2) is 7.78. The standard InChI is InChI=1S/C16H17N3O3/c1-2-22-16(21)8-5-13-3-6-14(7-4-13)18-15(20)11-19-10-9-17-12-19/h3-10,12H,2,11H2,1H3,(H,18,20)/b8-5+. The van der Waals surface area contributed by atoms with Crippen molar-refractivity contribution in [3.8, 4) is 0 Å². The van der Waals surface area contributed by atoms with Gasteiger partial charge in [0.15, 0.2) is 0 Å². The highest BCUT2D eigenvalue weighted by molar-refractivity contribution is 5.91. The fourth-order valence-corrected chi connectivity index (χ4v) is 1.78. The minimum atomic E-state index is -0.375. The largest absolute Gasteiger partial charge is 0.463 e. The number of esters is 1. The van der Waals surface area contributed by atoms with E-state index in [-0.39, 0.29) is 18.4 Å². The number of anilines is 1. The van der Waals surface area contributed by atoms with E-state index in [1.165, 1.54) is 6.08 Å². The van der Waals surface area contributed by atoms with Crippen molar-refractivity contribution in [2.75, 3.05) is 11.9 Å². The zero-order valence-electron chi connectivity index (χ0n) is 12.2. The molecular weight excluding hydrogens is 282 g/mol. The van der Waals surface area contributed by atoms with Gasteiger partial charge in [0.05, 0.1) is 12.9 Å². The van der Waals surface area contributed by atoms with Crippen molar-refractivity contribution < 1.29 is 14.3 Å². The van der Waals surface area contributed by atoms with Crippen LogP contribution < -0.4 is 5.32 Å². The van der Waals surface area contributed by atoms with Crippen molar-refractivity contribution in [2.24, 2.45) is 0 Å². The van der Waals surface area contributed by atoms with E-state index in [0.717, 1.165) is 5.56 Å². The number of imidazole rings is 1. The zero-order valence-corrected chi connectivity index (χ0v) is 12.2. The molecule has 0 saturated carbocycles. The molecule has 2 aromatic rings. The highest BCUT2D eigenvalue weighted by Gasteiger charge is 2.03. The van der Waals surface area contributed by atoms with Gasteiger partial charge in [-0.15, -0.1) is 0 Å². The summed E-state index contributed by atoms with van der Waals surface area (Å²) in [5.41, 5.74) is 1.54. The van der Waals surface area contributed by atoms with Crippen LogP contribution >= 0.6 is 0 Å². The van der Waals surface area contributed by atoms with Crippen LogP contribution in [0.5, 0.6) is 0 Å². The van der Waals surface area contributed by atoms with E-state index in [1.807, 2.05) is 12.1 Å². The molecule has 1 amide bonds. The Labute approximate surface area is 128 Å². The molecule has 2 rings (SSSR count). The van der Waals surface area contributed by atoms with E-state index in [1.54, 1.807) is 48.4 Å². The highest BCUT2D eigenvalue weighted by Crippen LogP contribution is 2.11. The predicted molar refractivity (Wildman–Crippen MR) is 83.0 cm³/mol. The van der Waals surface area contributed by atoms with Crippen molar-refractivity contribution in [3.63, 3.8) is 0 Å². The van der Waals surface area contributed by atoms with E-state index < -0.39 is 0 Å². The average molecular weight is 299 g/mol. The first-order valence-corrected chi connectivity index (χ1v) is 6.88. The van der Waals surface area contributed by atoms with Gasteiger partial charge in [-0.2, -0.15) is 0 Å². The fraction of sp³-hybridized carbons (Fsp3) is 0.188. The number of nitrogens with one attached hydrogen (secondary N) is 1. The highest BCUT2D eigenvalue weighted by atomic mass is 16.5. The van der Waals surface area contributed by atoms with Crippen molar-refractivity contribution in [1.82, 2.24) is 9.55 Å². The molecule has 1 heterocycles. The number of nitrogens with zero attached hydrogens (tertiary/aromatic N) is 2. The summed E-state index contributed by atoms with van der Waals surface area (Å²) in [7, 11) is 0. The van der Waals surface area contributed by atoms with Crippen molar-refractivity contribution in [3.05, 3.63) is 54.6 Å². The minimum Gasteiger partial charge on any atom is -0.463 e. The zero-order chi connectivity index (χ0) is 15.8. The summed E-state index contributed by atoms with van der Waals surface area (Å²) in [6.07, 6.45) is 7.97. The van der Waals surface area contributed by atoms with Crippen LogP contribution in [0.2, 0.25) is 0 Å². The van der Waals surface area contributed by atoms with Gasteiger partial charge in [0.25, 0.3) is 0 Å². The third-order valence-electron chi connectivity index (χ3n) is 2.78. The maximum Gasteiger partial charge on any atom is 0.330 e. The quantitative estimate of drug-likeness (QED) is 0.655. The minimum absolute atomic E-state index is 0.132. The topological polar surface area (TPSA) is 73.2 Å². The average Bonchev–Trinajstić information content (AvgIpc) is 2.99. The lowest BCUT2D eigenvalue weighted by molar-refractivity contribution is -0.137. The number of benzene rings is 1. The monoisotopic (exact) mass is 299 g/mol. The lowest BCUT2D eigenvalue weighted by Gasteiger charge is -2.06. The van der Waals surface area contributed by atoms with E-state index in [0.29, 0.717) is 12.3 Å². The van der Waals surface area contributed by atoms with Gasteiger partial charge in [-0.05, 0) is 30.7 Å². The molecule has 0 aliphatic heterocycles. The normalized spacial score (nSPS) is 10.6. The Balaban J connectivity index is 1.88. The van der Waals surface area contributed by atoms with Gasteiger partial charge >= 0.3 is 5.97 Å². The van der Waals surface area contributed by atoms with E-state index >= 15 is 0 Å². The molecule has 0 aliphatic rings. The Morgan fingerprint density at radius 1 is 1.32 bits per heavy atom. The second-order valence-electron chi connectivity index (χ2n) is 4.49. The van der Waals surface area contributed by atoms with Gasteiger partial charge in [0, 0.05) is 24.2 Å². The Morgan fingerprint density at radius 2 is 2.09 bits per heavy atom. The maximum absolute atomic E-state index is 11.8. The molecule has 22 heavy (non-hydrogen) atoms. The molecular formula is C16H17N3O3. The Morgan fingerprint density at radius 3 is 2.73 bits per heavy atom. The molecule has 0 radical (unpaired) electrons. The van der Waals surface area contributed by atoms with E-state index in [4.69, 9.17) is 4.74 Å². The third-order valence-corrected chi connectivity index (χ3v) is 2.78. The molecule has 0 bridgehead atoms. The van der Waals surface area contributed by atoms with Gasteiger partial charge in [-0.3, -0.25) is 4.79 Å². The van der Waals surface area contributed by atoms with Gasteiger partial charge in [-0.1, -0.05) is 12.1 Å². The SMILES string of the molecule is CCOC(=O)/C=C/c1ccc(NC(=O)Cn2ccnc2)cc1. The summed E-state index contributed by atoms with van der Waals surface area (Å²) in [5, 5.41) is 2.79. The van der Waals surface area contributed by atoms with E-state index in [9.17, 15) is 9.59 Å². The number of carbonyl (C=O) groups is 2. The van der Waals surface area contributed by atoms with Crippen LogP contribution in [0, 0.1) is 0 Å². The first-order valence-electron chi connectivity index (χ1n) is 6.88. The lowest BCUT2D eigenvalue weighted by Crippen LogP contribution is -2.17. The number of rotatable bonds is 6. The number of hydrogen-bond donors (Lipinski definition) is 1. The predicted octanol–water partition coefficient (Wildman–Crippen LogP) is 2.10. The number of carbonyl (C=O) groups excluding carboxylic acids is 2. The van der Waals surface area contributed by atoms with Crippen LogP contribution in [-0.4, -0.2) is 28.0 Å². The smallest absolute Gasteiger partial charge is 0.330 e. The Kier molecular flexibility index (Phi) is 5.48. The van der Waals surface area contributed by atoms with Crippen LogP contribution in [0.25, 0.3) is 6.08 Å². The lowest BCUT2D eigenvalue weighted by atomic mass is 10.2. The molecule has 1 aromatic heterocycles. The van der Waals surface area contributed by atoms with E-state index in [2.05, 4.69) is 10.3 Å². The number of hydrogen-bond acceptors (Lipinski definition) is 4. The van der Waals surface area contributed by atoms with Gasteiger partial charge < -0.3 is 14.6 Å². The van der Waals surface area contributed by atoms with Crippen molar-refractivity contribution >= 4 is 23.6 Å². The van der Waals surface area contributed by atoms with Crippen molar-refractivity contribution in [1.29, 1.82) is 0 Å². The van der Waals surface area contributed by atoms with Gasteiger partial charge in [-0.25, -0.2) is 9.78 Å².